The van der Waals surface area contributed by atoms with Gasteiger partial charge in [-0.05, 0) is 26.0 Å². The molecule has 0 fully saturated rings. The van der Waals surface area contributed by atoms with Crippen LogP contribution in [0.2, 0.25) is 0 Å². The molecule has 0 saturated heterocycles. The van der Waals surface area contributed by atoms with Gasteiger partial charge in [0.05, 0.1) is 12.0 Å². The van der Waals surface area contributed by atoms with Crippen molar-refractivity contribution in [2.24, 2.45) is 5.41 Å². The van der Waals surface area contributed by atoms with Gasteiger partial charge in [0.25, 0.3) is 0 Å². The Morgan fingerprint density at radius 2 is 2.05 bits per heavy atom. The molecule has 1 unspecified atom stereocenters. The van der Waals surface area contributed by atoms with Crippen LogP contribution in [-0.4, -0.2) is 43.0 Å². The van der Waals surface area contributed by atoms with Gasteiger partial charge in [0, 0.05) is 12.9 Å². The number of ether oxygens (including phenoxy) is 2. The molecule has 1 aliphatic rings. The molecule has 110 valence electrons. The number of hydrogen-bond acceptors (Lipinski definition) is 3. The summed E-state index contributed by atoms with van der Waals surface area (Å²) in [6.45, 7) is 4.60. The van der Waals surface area contributed by atoms with Gasteiger partial charge in [-0.25, -0.2) is 0 Å². The third kappa shape index (κ3) is 3.18. The molecular weight excluding hydrogens is 278 g/mol. The highest BCUT2D eigenvalue weighted by Crippen LogP contribution is 2.31. The number of benzene rings is 1. The molecule has 5 heteroatoms. The summed E-state index contributed by atoms with van der Waals surface area (Å²) in [5.41, 5.74) is -0.566. The fourth-order valence-corrected chi connectivity index (χ4v) is 2.23. The van der Waals surface area contributed by atoms with Crippen LogP contribution < -0.4 is 9.47 Å². The first-order valence-corrected chi connectivity index (χ1v) is 7.17. The van der Waals surface area contributed by atoms with Gasteiger partial charge < -0.3 is 14.4 Å². The molecule has 0 saturated carbocycles. The van der Waals surface area contributed by atoms with Crippen LogP contribution in [0.15, 0.2) is 24.3 Å². The minimum Gasteiger partial charge on any atom is -0.486 e. The molecule has 0 N–H and O–H groups in total. The van der Waals surface area contributed by atoms with E-state index in [4.69, 9.17) is 21.1 Å². The van der Waals surface area contributed by atoms with Crippen LogP contribution in [0.1, 0.15) is 13.8 Å². The summed E-state index contributed by atoms with van der Waals surface area (Å²) in [6.07, 6.45) is -0.162. The van der Waals surface area contributed by atoms with Crippen LogP contribution in [0.25, 0.3) is 0 Å². The van der Waals surface area contributed by atoms with Crippen molar-refractivity contribution in [3.8, 4) is 11.5 Å². The van der Waals surface area contributed by atoms with E-state index in [1.54, 1.807) is 11.9 Å². The number of amides is 1. The van der Waals surface area contributed by atoms with Gasteiger partial charge in [-0.15, -0.1) is 11.6 Å². The van der Waals surface area contributed by atoms with E-state index in [9.17, 15) is 4.79 Å². The van der Waals surface area contributed by atoms with Crippen molar-refractivity contribution < 1.29 is 14.3 Å². The Labute approximate surface area is 124 Å². The molecule has 0 aromatic heterocycles. The van der Waals surface area contributed by atoms with Crippen molar-refractivity contribution in [2.45, 2.75) is 20.0 Å². The van der Waals surface area contributed by atoms with Crippen LogP contribution in [0.3, 0.4) is 0 Å². The quantitative estimate of drug-likeness (QED) is 0.802. The van der Waals surface area contributed by atoms with E-state index in [2.05, 4.69) is 0 Å². The summed E-state index contributed by atoms with van der Waals surface area (Å²) in [5.74, 6) is 1.77. The third-order valence-electron chi connectivity index (χ3n) is 3.30. The van der Waals surface area contributed by atoms with Gasteiger partial charge in [0.2, 0.25) is 5.91 Å². The summed E-state index contributed by atoms with van der Waals surface area (Å²) in [5, 5.41) is 0. The average Bonchev–Trinajstić information content (AvgIpc) is 2.46. The Morgan fingerprint density at radius 1 is 1.40 bits per heavy atom. The van der Waals surface area contributed by atoms with E-state index >= 15 is 0 Å². The van der Waals surface area contributed by atoms with Gasteiger partial charge in [-0.2, -0.15) is 0 Å². The molecule has 1 atom stereocenters. The predicted molar refractivity (Wildman–Crippen MR) is 78.5 cm³/mol. The largest absolute Gasteiger partial charge is 0.486 e. The molecule has 20 heavy (non-hydrogen) atoms. The first-order chi connectivity index (χ1) is 9.44. The number of halogens is 1. The number of carbonyl (C=O) groups is 1. The monoisotopic (exact) mass is 297 g/mol. The normalized spacial score (nSPS) is 17.7. The number of hydrogen-bond donors (Lipinski definition) is 0. The Balaban J connectivity index is 1.97. The number of nitrogens with zero attached hydrogens (tertiary/aromatic N) is 1. The molecule has 0 aliphatic carbocycles. The lowest BCUT2D eigenvalue weighted by Gasteiger charge is -2.32. The van der Waals surface area contributed by atoms with Crippen LogP contribution >= 0.6 is 11.6 Å². The number of likely N-dealkylation sites (N-methyl/N-ethyl adjacent to an activating group) is 1. The van der Waals surface area contributed by atoms with Crippen LogP contribution in [0, 0.1) is 5.41 Å². The second-order valence-electron chi connectivity index (χ2n) is 5.70. The summed E-state index contributed by atoms with van der Waals surface area (Å²) in [4.78, 5) is 13.9. The zero-order chi connectivity index (χ0) is 14.8. The summed E-state index contributed by atoms with van der Waals surface area (Å²) in [6, 6.07) is 7.54. The summed E-state index contributed by atoms with van der Waals surface area (Å²) in [7, 11) is 1.76. The molecule has 2 rings (SSSR count). The minimum atomic E-state index is -0.566. The number of carbonyl (C=O) groups excluding carboxylic acids is 1. The first-order valence-electron chi connectivity index (χ1n) is 6.64. The third-order valence-corrected chi connectivity index (χ3v) is 3.97. The summed E-state index contributed by atoms with van der Waals surface area (Å²) >= 11 is 5.84. The maximum atomic E-state index is 12.3. The SMILES string of the molecule is CN(CC1COc2ccccc2O1)C(=O)C(C)(C)CCl. The smallest absolute Gasteiger partial charge is 0.229 e. The van der Waals surface area contributed by atoms with Gasteiger partial charge in [0.15, 0.2) is 17.6 Å². The standard InChI is InChI=1S/C15H20ClNO3/c1-15(2,10-16)14(18)17(3)8-11-9-19-12-6-4-5-7-13(12)20-11/h4-7,11H,8-10H2,1-3H3. The Bertz CT molecular complexity index is 490. The molecule has 1 aromatic carbocycles. The van der Waals surface area contributed by atoms with Crippen LogP contribution in [0.5, 0.6) is 11.5 Å². The van der Waals surface area contributed by atoms with E-state index in [0.29, 0.717) is 19.0 Å². The van der Waals surface area contributed by atoms with Crippen LogP contribution in [0.4, 0.5) is 0 Å². The second kappa shape index (κ2) is 5.92. The summed E-state index contributed by atoms with van der Waals surface area (Å²) < 4.78 is 11.5. The zero-order valence-electron chi connectivity index (χ0n) is 12.1. The maximum Gasteiger partial charge on any atom is 0.229 e. The molecule has 0 radical (unpaired) electrons. The van der Waals surface area contributed by atoms with E-state index in [1.165, 1.54) is 0 Å². The molecule has 4 nitrogen and oxygen atoms in total. The fraction of sp³-hybridized carbons (Fsp3) is 0.533. The molecule has 0 spiro atoms. The number of rotatable bonds is 4. The van der Waals surface area contributed by atoms with Crippen LogP contribution in [-0.2, 0) is 4.79 Å². The average molecular weight is 298 g/mol. The highest BCUT2D eigenvalue weighted by molar-refractivity contribution is 6.19. The van der Waals surface area contributed by atoms with Crippen molar-refractivity contribution in [3.63, 3.8) is 0 Å². The lowest BCUT2D eigenvalue weighted by atomic mass is 9.94. The molecule has 0 bridgehead atoms. The van der Waals surface area contributed by atoms with Gasteiger partial charge >= 0.3 is 0 Å². The van der Waals surface area contributed by atoms with Gasteiger partial charge in [0.1, 0.15) is 6.61 Å². The van der Waals surface area contributed by atoms with Crippen molar-refractivity contribution in [3.05, 3.63) is 24.3 Å². The highest BCUT2D eigenvalue weighted by Gasteiger charge is 2.32. The van der Waals surface area contributed by atoms with E-state index in [-0.39, 0.29) is 12.0 Å². The molecule has 1 heterocycles. The van der Waals surface area contributed by atoms with Crippen molar-refractivity contribution in [1.29, 1.82) is 0 Å². The first kappa shape index (κ1) is 15.0. The number of para-hydroxylation sites is 2. The number of alkyl halides is 1. The fourth-order valence-electron chi connectivity index (χ4n) is 2.12. The van der Waals surface area contributed by atoms with E-state index in [0.717, 1.165) is 11.5 Å². The zero-order valence-corrected chi connectivity index (χ0v) is 12.8. The van der Waals surface area contributed by atoms with Gasteiger partial charge in [-0.1, -0.05) is 12.1 Å². The molecular formula is C15H20ClNO3. The second-order valence-corrected chi connectivity index (χ2v) is 5.97. The maximum absolute atomic E-state index is 12.3. The lowest BCUT2D eigenvalue weighted by Crippen LogP contribution is -2.46. The molecule has 1 aliphatic heterocycles. The number of fused-ring (bicyclic) bond motifs is 1. The topological polar surface area (TPSA) is 38.8 Å². The van der Waals surface area contributed by atoms with Gasteiger partial charge in [-0.3, -0.25) is 4.79 Å². The van der Waals surface area contributed by atoms with Crippen molar-refractivity contribution >= 4 is 17.5 Å². The predicted octanol–water partition coefficient (Wildman–Crippen LogP) is 2.55. The van der Waals surface area contributed by atoms with Crippen molar-refractivity contribution in [2.75, 3.05) is 26.1 Å². The lowest BCUT2D eigenvalue weighted by molar-refractivity contribution is -0.139. The molecule has 1 aromatic rings. The van der Waals surface area contributed by atoms with E-state index in [1.807, 2.05) is 38.1 Å². The van der Waals surface area contributed by atoms with E-state index < -0.39 is 5.41 Å². The molecule has 1 amide bonds. The highest BCUT2D eigenvalue weighted by atomic mass is 35.5. The minimum absolute atomic E-state index is 0.00922. The Morgan fingerprint density at radius 3 is 2.70 bits per heavy atom. The Kier molecular flexibility index (Phi) is 4.43. The Hall–Kier alpha value is -1.42. The van der Waals surface area contributed by atoms with Crippen molar-refractivity contribution in [1.82, 2.24) is 4.90 Å².